The van der Waals surface area contributed by atoms with E-state index in [1.54, 1.807) is 0 Å². The lowest BCUT2D eigenvalue weighted by Gasteiger charge is -2.40. The van der Waals surface area contributed by atoms with Crippen LogP contribution in [-0.4, -0.2) is 25.2 Å². The highest BCUT2D eigenvalue weighted by Crippen LogP contribution is 2.32. The molecule has 3 unspecified atom stereocenters. The van der Waals surface area contributed by atoms with Crippen LogP contribution in [-0.2, 0) is 6.42 Å². The van der Waals surface area contributed by atoms with E-state index in [2.05, 4.69) is 48.3 Å². The van der Waals surface area contributed by atoms with Crippen LogP contribution in [0.1, 0.15) is 45.1 Å². The van der Waals surface area contributed by atoms with Gasteiger partial charge in [-0.2, -0.15) is 0 Å². The van der Waals surface area contributed by atoms with Gasteiger partial charge in [0.2, 0.25) is 0 Å². The van der Waals surface area contributed by atoms with Gasteiger partial charge in [0.25, 0.3) is 0 Å². The summed E-state index contributed by atoms with van der Waals surface area (Å²) in [4.78, 5) is 2.65. The quantitative estimate of drug-likeness (QED) is 0.904. The van der Waals surface area contributed by atoms with Crippen molar-refractivity contribution in [3.05, 3.63) is 29.8 Å². The maximum Gasteiger partial charge on any atom is 0.0401 e. The third-order valence-electron chi connectivity index (χ3n) is 4.95. The minimum atomic E-state index is 0.634. The Kier molecular flexibility index (Phi) is 4.30. The van der Waals surface area contributed by atoms with Crippen molar-refractivity contribution in [1.29, 1.82) is 0 Å². The van der Waals surface area contributed by atoms with E-state index in [0.29, 0.717) is 6.04 Å². The molecule has 0 bridgehead atoms. The Hall–Kier alpha value is -1.02. The van der Waals surface area contributed by atoms with Crippen LogP contribution in [0.2, 0.25) is 0 Å². The zero-order valence-corrected chi connectivity index (χ0v) is 12.9. The summed E-state index contributed by atoms with van der Waals surface area (Å²) >= 11 is 0. The molecule has 1 N–H and O–H groups in total. The first-order valence-electron chi connectivity index (χ1n) is 8.32. The van der Waals surface area contributed by atoms with Crippen molar-refractivity contribution in [2.45, 2.75) is 58.0 Å². The second-order valence-corrected chi connectivity index (χ2v) is 6.82. The molecular weight excluding hydrogens is 244 g/mol. The molecule has 0 amide bonds. The smallest absolute Gasteiger partial charge is 0.0401 e. The van der Waals surface area contributed by atoms with E-state index in [4.69, 9.17) is 0 Å². The van der Waals surface area contributed by atoms with Gasteiger partial charge in [0.15, 0.2) is 0 Å². The largest absolute Gasteiger partial charge is 0.368 e. The fourth-order valence-corrected chi connectivity index (χ4v) is 3.92. The van der Waals surface area contributed by atoms with Gasteiger partial charge in [-0.05, 0) is 56.7 Å². The molecule has 2 heteroatoms. The molecule has 0 saturated carbocycles. The fourth-order valence-electron chi connectivity index (χ4n) is 3.92. The van der Waals surface area contributed by atoms with Crippen LogP contribution < -0.4 is 10.2 Å². The summed E-state index contributed by atoms with van der Waals surface area (Å²) in [5.41, 5.74) is 3.02. The molecule has 3 rings (SSSR count). The number of hydrogen-bond donors (Lipinski definition) is 1. The molecule has 2 aliphatic rings. The second kappa shape index (κ2) is 6.17. The summed E-state index contributed by atoms with van der Waals surface area (Å²) in [6.45, 7) is 7.22. The van der Waals surface area contributed by atoms with Crippen molar-refractivity contribution in [1.82, 2.24) is 5.32 Å². The van der Waals surface area contributed by atoms with Crippen LogP contribution in [0.5, 0.6) is 0 Å². The third-order valence-corrected chi connectivity index (χ3v) is 4.95. The number of para-hydroxylation sites is 1. The average Bonchev–Trinajstić information content (AvgIpc) is 2.47. The van der Waals surface area contributed by atoms with Crippen molar-refractivity contribution in [3.63, 3.8) is 0 Å². The molecule has 1 aromatic carbocycles. The van der Waals surface area contributed by atoms with Gasteiger partial charge in [0.05, 0.1) is 0 Å². The van der Waals surface area contributed by atoms with Gasteiger partial charge in [0.1, 0.15) is 0 Å². The number of hydrogen-bond acceptors (Lipinski definition) is 2. The van der Waals surface area contributed by atoms with Crippen molar-refractivity contribution in [3.8, 4) is 0 Å². The van der Waals surface area contributed by atoms with Gasteiger partial charge in [-0.1, -0.05) is 31.5 Å². The monoisotopic (exact) mass is 272 g/mol. The van der Waals surface area contributed by atoms with Gasteiger partial charge >= 0.3 is 0 Å². The summed E-state index contributed by atoms with van der Waals surface area (Å²) in [7, 11) is 0. The average molecular weight is 272 g/mol. The van der Waals surface area contributed by atoms with E-state index in [9.17, 15) is 0 Å². The summed E-state index contributed by atoms with van der Waals surface area (Å²) in [6.07, 6.45) is 6.63. The normalized spacial score (nSPS) is 28.0. The number of fused-ring (bicyclic) bond motifs is 1. The lowest BCUT2D eigenvalue weighted by atomic mass is 9.91. The maximum absolute atomic E-state index is 3.70. The Balaban J connectivity index is 1.72. The number of benzene rings is 1. The van der Waals surface area contributed by atoms with E-state index < -0.39 is 0 Å². The number of nitrogens with one attached hydrogen (secondary N) is 1. The molecule has 110 valence electrons. The first-order chi connectivity index (χ1) is 9.74. The number of nitrogens with zero attached hydrogens (tertiary/aromatic N) is 1. The highest BCUT2D eigenvalue weighted by molar-refractivity contribution is 5.56. The summed E-state index contributed by atoms with van der Waals surface area (Å²) in [5, 5.41) is 3.70. The molecule has 2 aliphatic heterocycles. The minimum Gasteiger partial charge on any atom is -0.368 e. The topological polar surface area (TPSA) is 15.3 Å². The molecule has 20 heavy (non-hydrogen) atoms. The van der Waals surface area contributed by atoms with Gasteiger partial charge in [-0.15, -0.1) is 0 Å². The molecule has 2 nitrogen and oxygen atoms in total. The maximum atomic E-state index is 3.70. The molecule has 1 aromatic rings. The molecule has 0 aromatic heterocycles. The summed E-state index contributed by atoms with van der Waals surface area (Å²) < 4.78 is 0. The Morgan fingerprint density at radius 3 is 2.95 bits per heavy atom. The fraction of sp³-hybridized carbons (Fsp3) is 0.667. The second-order valence-electron chi connectivity index (χ2n) is 6.82. The Bertz CT molecular complexity index is 437. The highest BCUT2D eigenvalue weighted by Gasteiger charge is 2.26. The SMILES string of the molecule is CC1Cc2ccccc2N(C(C)CC2CCCCN2)C1. The molecule has 3 atom stereocenters. The van der Waals surface area contributed by atoms with Gasteiger partial charge < -0.3 is 10.2 Å². The number of anilines is 1. The van der Waals surface area contributed by atoms with E-state index >= 15 is 0 Å². The zero-order valence-electron chi connectivity index (χ0n) is 12.9. The lowest BCUT2D eigenvalue weighted by Crippen LogP contribution is -2.45. The van der Waals surface area contributed by atoms with E-state index in [0.717, 1.165) is 12.0 Å². The predicted octanol–water partition coefficient (Wildman–Crippen LogP) is 3.61. The van der Waals surface area contributed by atoms with Crippen molar-refractivity contribution < 1.29 is 0 Å². The van der Waals surface area contributed by atoms with Gasteiger partial charge in [0, 0.05) is 24.3 Å². The standard InChI is InChI=1S/C18H28N2/c1-14-11-16-7-3-4-9-18(16)20(13-14)15(2)12-17-8-5-6-10-19-17/h3-4,7,9,14-15,17,19H,5-6,8,10-13H2,1-2H3. The molecular formula is C18H28N2. The molecule has 2 heterocycles. The van der Waals surface area contributed by atoms with Crippen LogP contribution in [0.3, 0.4) is 0 Å². The van der Waals surface area contributed by atoms with Crippen LogP contribution in [0.4, 0.5) is 5.69 Å². The van der Waals surface area contributed by atoms with E-state index in [1.165, 1.54) is 56.4 Å². The van der Waals surface area contributed by atoms with Crippen LogP contribution in [0.25, 0.3) is 0 Å². The lowest BCUT2D eigenvalue weighted by molar-refractivity contribution is 0.352. The molecule has 0 aliphatic carbocycles. The Labute approximate surface area is 123 Å². The molecule has 0 radical (unpaired) electrons. The van der Waals surface area contributed by atoms with Crippen LogP contribution in [0.15, 0.2) is 24.3 Å². The minimum absolute atomic E-state index is 0.634. The summed E-state index contributed by atoms with van der Waals surface area (Å²) in [6, 6.07) is 10.4. The van der Waals surface area contributed by atoms with Crippen LogP contribution in [0, 0.1) is 5.92 Å². The number of rotatable bonds is 3. The molecule has 1 saturated heterocycles. The first-order valence-corrected chi connectivity index (χ1v) is 8.32. The van der Waals surface area contributed by atoms with Crippen molar-refractivity contribution in [2.24, 2.45) is 5.92 Å². The highest BCUT2D eigenvalue weighted by atomic mass is 15.2. The van der Waals surface area contributed by atoms with Crippen molar-refractivity contribution in [2.75, 3.05) is 18.0 Å². The number of piperidine rings is 1. The zero-order chi connectivity index (χ0) is 13.9. The van der Waals surface area contributed by atoms with Crippen LogP contribution >= 0.6 is 0 Å². The van der Waals surface area contributed by atoms with Gasteiger partial charge in [-0.25, -0.2) is 0 Å². The Morgan fingerprint density at radius 1 is 1.30 bits per heavy atom. The van der Waals surface area contributed by atoms with Crippen molar-refractivity contribution >= 4 is 5.69 Å². The first kappa shape index (κ1) is 13.9. The molecule has 0 spiro atoms. The van der Waals surface area contributed by atoms with E-state index in [1.807, 2.05) is 0 Å². The van der Waals surface area contributed by atoms with Gasteiger partial charge in [-0.3, -0.25) is 0 Å². The third kappa shape index (κ3) is 3.01. The molecule has 1 fully saturated rings. The predicted molar refractivity (Wildman–Crippen MR) is 86.4 cm³/mol. The van der Waals surface area contributed by atoms with E-state index in [-0.39, 0.29) is 0 Å². The Morgan fingerprint density at radius 2 is 2.15 bits per heavy atom. The summed E-state index contributed by atoms with van der Waals surface area (Å²) in [5.74, 6) is 0.770.